The van der Waals surface area contributed by atoms with E-state index in [1.165, 1.54) is 6.07 Å². The van der Waals surface area contributed by atoms with Crippen LogP contribution < -0.4 is 10.6 Å². The number of aromatic nitrogens is 2. The van der Waals surface area contributed by atoms with Gasteiger partial charge < -0.3 is 15.4 Å². The first-order valence-corrected chi connectivity index (χ1v) is 8.60. The van der Waals surface area contributed by atoms with Crippen molar-refractivity contribution >= 4 is 6.09 Å². The van der Waals surface area contributed by atoms with Gasteiger partial charge in [0.1, 0.15) is 11.4 Å². The first kappa shape index (κ1) is 20.7. The molecule has 2 aromatic rings. The lowest BCUT2D eigenvalue weighted by atomic mass is 10.1. The van der Waals surface area contributed by atoms with Crippen LogP contribution in [-0.2, 0) is 11.3 Å². The average Bonchev–Trinajstić information content (AvgIpc) is 2.58. The summed E-state index contributed by atoms with van der Waals surface area (Å²) in [4.78, 5) is 19.3. The molecule has 6 nitrogen and oxygen atoms in total. The monoisotopic (exact) mass is 378 g/mol. The lowest BCUT2D eigenvalue weighted by Crippen LogP contribution is -2.41. The lowest BCUT2D eigenvalue weighted by molar-refractivity contribution is 0.0523. The zero-order valence-corrected chi connectivity index (χ0v) is 15.8. The maximum absolute atomic E-state index is 14.3. The number of nitrogens with zero attached hydrogens (tertiary/aromatic N) is 2. The van der Waals surface area contributed by atoms with Crippen LogP contribution in [0.4, 0.5) is 13.6 Å². The Morgan fingerprint density at radius 2 is 1.89 bits per heavy atom. The summed E-state index contributed by atoms with van der Waals surface area (Å²) < 4.78 is 32.3. The summed E-state index contributed by atoms with van der Waals surface area (Å²) in [6.07, 6.45) is 1.58. The third-order valence-electron chi connectivity index (χ3n) is 3.52. The van der Waals surface area contributed by atoms with E-state index < -0.39 is 23.3 Å². The highest BCUT2D eigenvalue weighted by Gasteiger charge is 2.16. The minimum Gasteiger partial charge on any atom is -0.444 e. The van der Waals surface area contributed by atoms with Gasteiger partial charge in [0.2, 0.25) is 0 Å². The van der Waals surface area contributed by atoms with Gasteiger partial charge in [-0.1, -0.05) is 12.1 Å². The van der Waals surface area contributed by atoms with E-state index in [1.54, 1.807) is 32.9 Å². The van der Waals surface area contributed by atoms with Crippen molar-refractivity contribution in [1.82, 2.24) is 20.6 Å². The summed E-state index contributed by atoms with van der Waals surface area (Å²) in [7, 11) is 0. The quantitative estimate of drug-likeness (QED) is 0.805. The number of hydrogen-bond donors (Lipinski definition) is 2. The molecular formula is C19H24F2N4O2. The Morgan fingerprint density at radius 3 is 2.48 bits per heavy atom. The van der Waals surface area contributed by atoms with E-state index in [0.29, 0.717) is 17.7 Å². The molecule has 0 fully saturated rings. The average molecular weight is 378 g/mol. The van der Waals surface area contributed by atoms with Gasteiger partial charge in [-0.25, -0.2) is 23.5 Å². The lowest BCUT2D eigenvalue weighted by Gasteiger charge is -2.21. The van der Waals surface area contributed by atoms with E-state index in [9.17, 15) is 13.6 Å². The van der Waals surface area contributed by atoms with Crippen LogP contribution in [0.3, 0.4) is 0 Å². The van der Waals surface area contributed by atoms with Crippen LogP contribution >= 0.6 is 0 Å². The maximum Gasteiger partial charge on any atom is 0.407 e. The first-order chi connectivity index (χ1) is 12.6. The summed E-state index contributed by atoms with van der Waals surface area (Å²) >= 11 is 0. The Morgan fingerprint density at radius 1 is 1.22 bits per heavy atom. The van der Waals surface area contributed by atoms with Crippen LogP contribution in [-0.4, -0.2) is 34.2 Å². The van der Waals surface area contributed by atoms with Crippen molar-refractivity contribution in [3.8, 4) is 11.4 Å². The molecule has 1 heterocycles. The Bertz CT molecular complexity index is 776. The van der Waals surface area contributed by atoms with E-state index in [2.05, 4.69) is 20.6 Å². The van der Waals surface area contributed by atoms with E-state index in [1.807, 2.05) is 6.92 Å². The van der Waals surface area contributed by atoms with Gasteiger partial charge in [0, 0.05) is 30.3 Å². The normalized spacial score (nSPS) is 12.5. The van der Waals surface area contributed by atoms with Gasteiger partial charge in [0.05, 0.1) is 12.4 Å². The molecule has 0 aliphatic rings. The molecule has 0 unspecified atom stereocenters. The van der Waals surface area contributed by atoms with Crippen molar-refractivity contribution in [2.75, 3.05) is 6.54 Å². The number of rotatable bonds is 6. The smallest absolute Gasteiger partial charge is 0.407 e. The van der Waals surface area contributed by atoms with Gasteiger partial charge in [-0.3, -0.25) is 0 Å². The van der Waals surface area contributed by atoms with Crippen molar-refractivity contribution in [2.24, 2.45) is 0 Å². The van der Waals surface area contributed by atoms with Crippen LogP contribution in [0.2, 0.25) is 0 Å². The number of halogens is 2. The van der Waals surface area contributed by atoms with Crippen LogP contribution in [0.25, 0.3) is 11.4 Å². The van der Waals surface area contributed by atoms with Gasteiger partial charge in [0.25, 0.3) is 0 Å². The molecule has 0 spiro atoms. The third-order valence-corrected chi connectivity index (χ3v) is 3.52. The second kappa shape index (κ2) is 8.85. The molecule has 2 N–H and O–H groups in total. The maximum atomic E-state index is 14.3. The zero-order valence-electron chi connectivity index (χ0n) is 15.8. The van der Waals surface area contributed by atoms with E-state index in [-0.39, 0.29) is 18.4 Å². The molecule has 27 heavy (non-hydrogen) atoms. The molecule has 0 aliphatic heterocycles. The number of hydrogen-bond acceptors (Lipinski definition) is 5. The van der Waals surface area contributed by atoms with Crippen molar-refractivity contribution in [3.63, 3.8) is 0 Å². The number of amides is 1. The standard InChI is InChI=1S/C19H24F2N4O2/c1-12(8-25-18(26)27-19(2,3)4)22-9-14-6-5-13(7-16(14)21)17-23-10-15(20)11-24-17/h5-7,10-12,22H,8-9H2,1-4H3,(H,25,26)/t12-/m0/s1. The Balaban J connectivity index is 1.87. The third kappa shape index (κ3) is 6.90. The Labute approximate surface area is 157 Å². The molecule has 1 aromatic heterocycles. The van der Waals surface area contributed by atoms with Gasteiger partial charge in [-0.05, 0) is 33.8 Å². The van der Waals surface area contributed by atoms with Crippen molar-refractivity contribution in [3.05, 3.63) is 47.8 Å². The number of benzene rings is 1. The molecule has 1 amide bonds. The van der Waals surface area contributed by atoms with E-state index >= 15 is 0 Å². The number of carbonyl (C=O) groups excluding carboxylic acids is 1. The fourth-order valence-corrected chi connectivity index (χ4v) is 2.20. The van der Waals surface area contributed by atoms with Crippen LogP contribution in [0.5, 0.6) is 0 Å². The first-order valence-electron chi connectivity index (χ1n) is 8.60. The fraction of sp³-hybridized carbons (Fsp3) is 0.421. The topological polar surface area (TPSA) is 76.1 Å². The molecule has 2 rings (SSSR count). The number of alkyl carbamates (subject to hydrolysis) is 1. The van der Waals surface area contributed by atoms with Gasteiger partial charge >= 0.3 is 6.09 Å². The van der Waals surface area contributed by atoms with Crippen molar-refractivity contribution in [1.29, 1.82) is 0 Å². The predicted molar refractivity (Wildman–Crippen MR) is 97.9 cm³/mol. The summed E-state index contributed by atoms with van der Waals surface area (Å²) in [6.45, 7) is 7.87. The van der Waals surface area contributed by atoms with Gasteiger partial charge in [-0.2, -0.15) is 0 Å². The molecule has 146 valence electrons. The molecular weight excluding hydrogens is 354 g/mol. The SMILES string of the molecule is C[C@@H](CNC(=O)OC(C)(C)C)NCc1ccc(-c2ncc(F)cn2)cc1F. The second-order valence-corrected chi connectivity index (χ2v) is 7.20. The van der Waals surface area contributed by atoms with Gasteiger partial charge in [0.15, 0.2) is 11.6 Å². The van der Waals surface area contributed by atoms with Crippen molar-refractivity contribution < 1.29 is 18.3 Å². The molecule has 1 aromatic carbocycles. The fourth-order valence-electron chi connectivity index (χ4n) is 2.20. The molecule has 1 atom stereocenters. The zero-order chi connectivity index (χ0) is 20.0. The summed E-state index contributed by atoms with van der Waals surface area (Å²) in [5, 5.41) is 5.79. The van der Waals surface area contributed by atoms with Crippen LogP contribution in [0.15, 0.2) is 30.6 Å². The van der Waals surface area contributed by atoms with Gasteiger partial charge in [-0.15, -0.1) is 0 Å². The van der Waals surface area contributed by atoms with Crippen molar-refractivity contribution in [2.45, 2.75) is 45.9 Å². The highest BCUT2D eigenvalue weighted by Crippen LogP contribution is 2.18. The number of ether oxygens (including phenoxy) is 1. The minimum absolute atomic E-state index is 0.0861. The number of nitrogens with one attached hydrogen (secondary N) is 2. The van der Waals surface area contributed by atoms with Crippen LogP contribution in [0.1, 0.15) is 33.3 Å². The predicted octanol–water partition coefficient (Wildman–Crippen LogP) is 3.42. The largest absolute Gasteiger partial charge is 0.444 e. The molecule has 0 radical (unpaired) electrons. The summed E-state index contributed by atoms with van der Waals surface area (Å²) in [6, 6.07) is 4.53. The molecule has 0 bridgehead atoms. The summed E-state index contributed by atoms with van der Waals surface area (Å²) in [5.41, 5.74) is 0.376. The Hall–Kier alpha value is -2.61. The van der Waals surface area contributed by atoms with E-state index in [4.69, 9.17) is 4.74 Å². The van der Waals surface area contributed by atoms with Crippen LogP contribution in [0, 0.1) is 11.6 Å². The Kier molecular flexibility index (Phi) is 6.79. The molecule has 0 saturated heterocycles. The second-order valence-electron chi connectivity index (χ2n) is 7.20. The highest BCUT2D eigenvalue weighted by molar-refractivity contribution is 5.67. The highest BCUT2D eigenvalue weighted by atomic mass is 19.1. The summed E-state index contributed by atoms with van der Waals surface area (Å²) in [5.74, 6) is -0.709. The molecule has 0 aliphatic carbocycles. The minimum atomic E-state index is -0.556. The number of carbonyl (C=O) groups is 1. The van der Waals surface area contributed by atoms with E-state index in [0.717, 1.165) is 12.4 Å². The molecule has 0 saturated carbocycles. The molecule has 8 heteroatoms.